The van der Waals surface area contributed by atoms with Crippen LogP contribution < -0.4 is 5.73 Å². The molecule has 1 heterocycles. The molecule has 1 fully saturated rings. The van der Waals surface area contributed by atoms with Gasteiger partial charge in [-0.3, -0.25) is 4.79 Å². The first-order valence-electron chi connectivity index (χ1n) is 8.51. The van der Waals surface area contributed by atoms with Crippen LogP contribution in [0.1, 0.15) is 12.5 Å². The number of nitrogens with zero attached hydrogens (tertiary/aromatic N) is 3. The van der Waals surface area contributed by atoms with E-state index in [1.807, 2.05) is 11.8 Å². The molecule has 1 aromatic rings. The van der Waals surface area contributed by atoms with Crippen molar-refractivity contribution in [1.29, 1.82) is 0 Å². The highest BCUT2D eigenvalue weighted by molar-refractivity contribution is 6.18. The maximum atomic E-state index is 14.1. The van der Waals surface area contributed by atoms with E-state index in [4.69, 9.17) is 10.5 Å². The van der Waals surface area contributed by atoms with E-state index in [2.05, 4.69) is 11.6 Å². The fourth-order valence-corrected chi connectivity index (χ4v) is 2.46. The van der Waals surface area contributed by atoms with Crippen molar-refractivity contribution in [2.45, 2.75) is 6.92 Å². The van der Waals surface area contributed by atoms with Gasteiger partial charge in [0.15, 0.2) is 0 Å². The van der Waals surface area contributed by atoms with Gasteiger partial charge in [-0.2, -0.15) is 0 Å². The molecule has 1 aliphatic heterocycles. The average molecular weight is 360 g/mol. The minimum absolute atomic E-state index is 0.0481. The van der Waals surface area contributed by atoms with Crippen LogP contribution >= 0.6 is 0 Å². The van der Waals surface area contributed by atoms with Crippen LogP contribution in [0.2, 0.25) is 0 Å². The first kappa shape index (κ1) is 19.7. The van der Waals surface area contributed by atoms with Crippen LogP contribution in [0, 0.1) is 5.82 Å². The summed E-state index contributed by atoms with van der Waals surface area (Å²) in [6.45, 7) is 8.84. The fourth-order valence-electron chi connectivity index (χ4n) is 2.46. The molecule has 26 heavy (non-hydrogen) atoms. The number of carbonyl (C=O) groups excluding carboxylic acids is 1. The van der Waals surface area contributed by atoms with Gasteiger partial charge in [-0.25, -0.2) is 9.38 Å². The number of nitrogens with two attached hydrogens (primary N) is 1. The first-order valence-corrected chi connectivity index (χ1v) is 8.51. The lowest BCUT2D eigenvalue weighted by molar-refractivity contribution is -0.125. The van der Waals surface area contributed by atoms with Crippen LogP contribution in [0.25, 0.3) is 5.70 Å². The van der Waals surface area contributed by atoms with Crippen LogP contribution in [0.4, 0.5) is 4.39 Å². The molecule has 1 aromatic carbocycles. The molecule has 1 amide bonds. The van der Waals surface area contributed by atoms with Gasteiger partial charge in [0.05, 0.1) is 24.5 Å². The number of benzene rings is 1. The topological polar surface area (TPSA) is 71.2 Å². The van der Waals surface area contributed by atoms with Crippen LogP contribution in [0.3, 0.4) is 0 Å². The third-order valence-electron chi connectivity index (χ3n) is 4.22. The summed E-state index contributed by atoms with van der Waals surface area (Å²) >= 11 is 0. The predicted octanol–water partition coefficient (Wildman–Crippen LogP) is 1.85. The normalized spacial score (nSPS) is 15.7. The van der Waals surface area contributed by atoms with Crippen molar-refractivity contribution in [2.24, 2.45) is 10.7 Å². The van der Waals surface area contributed by atoms with E-state index in [0.717, 1.165) is 0 Å². The molecule has 0 aromatic heterocycles. The second-order valence-corrected chi connectivity index (χ2v) is 5.90. The minimum Gasteiger partial charge on any atom is -0.397 e. The number of carbonyl (C=O) groups is 1. The third kappa shape index (κ3) is 4.70. The van der Waals surface area contributed by atoms with Gasteiger partial charge in [0.25, 0.3) is 5.91 Å². The molecule has 1 saturated heterocycles. The molecule has 7 heteroatoms. The summed E-state index contributed by atoms with van der Waals surface area (Å²) in [5.41, 5.74) is 6.49. The molecule has 0 radical (unpaired) electrons. The van der Waals surface area contributed by atoms with E-state index in [1.165, 1.54) is 23.2 Å². The first-order chi connectivity index (χ1) is 12.5. The third-order valence-corrected chi connectivity index (χ3v) is 4.22. The highest BCUT2D eigenvalue weighted by Gasteiger charge is 2.19. The average Bonchev–Trinajstić information content (AvgIpc) is 2.67. The number of likely N-dealkylation sites (N-methyl/N-ethyl adjacent to an activating group) is 1. The minimum atomic E-state index is -0.491. The number of rotatable bonds is 6. The Morgan fingerprint density at radius 1 is 1.42 bits per heavy atom. The van der Waals surface area contributed by atoms with Gasteiger partial charge in [0.2, 0.25) is 0 Å². The summed E-state index contributed by atoms with van der Waals surface area (Å²) in [6.07, 6.45) is 1.37. The van der Waals surface area contributed by atoms with Gasteiger partial charge < -0.3 is 20.3 Å². The van der Waals surface area contributed by atoms with Gasteiger partial charge in [-0.15, -0.1) is 0 Å². The van der Waals surface area contributed by atoms with Crippen molar-refractivity contribution in [3.8, 4) is 0 Å². The van der Waals surface area contributed by atoms with Crippen LogP contribution in [-0.2, 0) is 9.53 Å². The zero-order chi connectivity index (χ0) is 19.1. The summed E-state index contributed by atoms with van der Waals surface area (Å²) in [6, 6.07) is 6.08. The summed E-state index contributed by atoms with van der Waals surface area (Å²) < 4.78 is 19.4. The quantitative estimate of drug-likeness (QED) is 0.621. The molecule has 0 aliphatic carbocycles. The summed E-state index contributed by atoms with van der Waals surface area (Å²) in [7, 11) is 1.65. The number of hydrogen-bond donors (Lipinski definition) is 1. The maximum absolute atomic E-state index is 14.1. The maximum Gasteiger partial charge on any atom is 0.257 e. The molecule has 2 rings (SSSR count). The molecule has 0 spiro atoms. The Morgan fingerprint density at radius 2 is 2.08 bits per heavy atom. The number of halogens is 1. The van der Waals surface area contributed by atoms with Gasteiger partial charge in [-0.05, 0) is 19.1 Å². The molecular formula is C19H25FN4O2. The Morgan fingerprint density at radius 3 is 2.69 bits per heavy atom. The Balaban J connectivity index is 2.36. The van der Waals surface area contributed by atoms with Gasteiger partial charge in [-0.1, -0.05) is 18.7 Å². The predicted molar refractivity (Wildman–Crippen MR) is 101 cm³/mol. The Hall–Kier alpha value is -2.67. The summed E-state index contributed by atoms with van der Waals surface area (Å²) in [5, 5.41) is 0. The monoisotopic (exact) mass is 360 g/mol. The second-order valence-electron chi connectivity index (χ2n) is 5.90. The van der Waals surface area contributed by atoms with Crippen molar-refractivity contribution in [1.82, 2.24) is 9.80 Å². The van der Waals surface area contributed by atoms with Crippen molar-refractivity contribution in [3.63, 3.8) is 0 Å². The molecule has 140 valence electrons. The van der Waals surface area contributed by atoms with E-state index < -0.39 is 5.82 Å². The number of amides is 1. The lowest BCUT2D eigenvalue weighted by Gasteiger charge is -2.28. The second kappa shape index (κ2) is 9.15. The zero-order valence-electron chi connectivity index (χ0n) is 15.2. The Labute approximate surface area is 153 Å². The van der Waals surface area contributed by atoms with E-state index >= 15 is 0 Å². The number of ether oxygens (including phenoxy) is 1. The van der Waals surface area contributed by atoms with Crippen molar-refractivity contribution in [3.05, 3.63) is 53.6 Å². The molecular weight excluding hydrogens is 335 g/mol. The molecule has 0 unspecified atom stereocenters. The summed E-state index contributed by atoms with van der Waals surface area (Å²) in [4.78, 5) is 20.5. The van der Waals surface area contributed by atoms with E-state index in [1.54, 1.807) is 19.2 Å². The van der Waals surface area contributed by atoms with Crippen molar-refractivity contribution >= 4 is 17.8 Å². The largest absolute Gasteiger partial charge is 0.397 e. The number of morpholine rings is 1. The standard InChI is InChI=1S/C19H25FN4O2/c1-4-23(3)19(25)16(18(21)15-7-5-6-8-17(15)20)13-22-14(2)24-9-11-26-12-10-24/h5-8,13H,2,4,9-12,21H2,1,3H3/b18-16+,22-13?. The van der Waals surface area contributed by atoms with Gasteiger partial charge in [0, 0.05) is 38.5 Å². The van der Waals surface area contributed by atoms with E-state index in [-0.39, 0.29) is 22.7 Å². The highest BCUT2D eigenvalue weighted by atomic mass is 19.1. The van der Waals surface area contributed by atoms with E-state index in [0.29, 0.717) is 38.7 Å². The lowest BCUT2D eigenvalue weighted by Crippen LogP contribution is -2.35. The Bertz CT molecular complexity index is 724. The number of aliphatic imine (C=N–C) groups is 1. The molecule has 1 aliphatic rings. The molecule has 0 bridgehead atoms. The van der Waals surface area contributed by atoms with Crippen molar-refractivity contribution in [2.75, 3.05) is 39.9 Å². The van der Waals surface area contributed by atoms with Gasteiger partial charge in [0.1, 0.15) is 11.6 Å². The zero-order valence-corrected chi connectivity index (χ0v) is 15.2. The number of hydrogen-bond acceptors (Lipinski definition) is 5. The smallest absolute Gasteiger partial charge is 0.257 e. The Kier molecular flexibility index (Phi) is 6.91. The van der Waals surface area contributed by atoms with Crippen molar-refractivity contribution < 1.29 is 13.9 Å². The van der Waals surface area contributed by atoms with E-state index in [9.17, 15) is 9.18 Å². The fraction of sp³-hybridized carbons (Fsp3) is 0.368. The SMILES string of the molecule is C=C(N=C/C(C(=O)N(C)CC)=C(\N)c1ccccc1F)N1CCOCC1. The molecule has 0 atom stereocenters. The molecule has 0 saturated carbocycles. The van der Waals surface area contributed by atoms with Crippen LogP contribution in [0.5, 0.6) is 0 Å². The van der Waals surface area contributed by atoms with Crippen LogP contribution in [-0.4, -0.2) is 61.8 Å². The molecule has 2 N–H and O–H groups in total. The van der Waals surface area contributed by atoms with Crippen LogP contribution in [0.15, 0.2) is 47.2 Å². The lowest BCUT2D eigenvalue weighted by atomic mass is 10.1. The van der Waals surface area contributed by atoms with Gasteiger partial charge >= 0.3 is 0 Å². The highest BCUT2D eigenvalue weighted by Crippen LogP contribution is 2.18. The summed E-state index contributed by atoms with van der Waals surface area (Å²) in [5.74, 6) is -0.305. The molecule has 6 nitrogen and oxygen atoms in total.